The summed E-state index contributed by atoms with van der Waals surface area (Å²) in [6.45, 7) is 2.54. The van der Waals surface area contributed by atoms with Crippen molar-refractivity contribution in [3.05, 3.63) is 0 Å². The monoisotopic (exact) mass is 261 g/mol. The minimum atomic E-state index is -3.10. The van der Waals surface area contributed by atoms with Crippen molar-refractivity contribution in [3.8, 4) is 0 Å². The zero-order valence-corrected chi connectivity index (χ0v) is 11.3. The van der Waals surface area contributed by atoms with Crippen LogP contribution in [0.1, 0.15) is 25.7 Å². The van der Waals surface area contributed by atoms with E-state index in [-0.39, 0.29) is 11.8 Å². The number of piperidine rings is 1. The van der Waals surface area contributed by atoms with Crippen LogP contribution in [0.5, 0.6) is 0 Å². The summed E-state index contributed by atoms with van der Waals surface area (Å²) in [5, 5.41) is 3.23. The van der Waals surface area contributed by atoms with Crippen LogP contribution in [0.15, 0.2) is 0 Å². The molecule has 1 saturated heterocycles. The fourth-order valence-corrected chi connectivity index (χ4v) is 3.37. The van der Waals surface area contributed by atoms with Gasteiger partial charge in [0, 0.05) is 18.6 Å². The second-order valence-electron chi connectivity index (χ2n) is 5.24. The number of nitrogens with one attached hydrogen (secondary N) is 2. The first-order valence-corrected chi connectivity index (χ1v) is 8.12. The summed E-state index contributed by atoms with van der Waals surface area (Å²) in [5.41, 5.74) is 0. The van der Waals surface area contributed by atoms with Crippen LogP contribution in [0.4, 0.5) is 0 Å². The van der Waals surface area contributed by atoms with Gasteiger partial charge >= 0.3 is 0 Å². The minimum Gasteiger partial charge on any atom is -0.313 e. The fraction of sp³-hybridized carbons (Fsp3) is 1.00. The summed E-state index contributed by atoms with van der Waals surface area (Å²) >= 11 is 0. The van der Waals surface area contributed by atoms with Crippen molar-refractivity contribution in [2.75, 3.05) is 32.4 Å². The normalized spacial score (nSPS) is 24.1. The molecule has 0 radical (unpaired) electrons. The van der Waals surface area contributed by atoms with Gasteiger partial charge in [0.1, 0.15) is 0 Å². The third-order valence-electron chi connectivity index (χ3n) is 3.45. The number of sulfonamides is 1. The predicted molar refractivity (Wildman–Crippen MR) is 68.5 cm³/mol. The molecule has 0 spiro atoms. The summed E-state index contributed by atoms with van der Waals surface area (Å²) in [5.74, 6) is 0.204. The van der Waals surface area contributed by atoms with Crippen LogP contribution >= 0.6 is 0 Å². The second kappa shape index (κ2) is 5.65. The third-order valence-corrected chi connectivity index (χ3v) is 4.88. The third kappa shape index (κ3) is 4.91. The molecule has 0 aromatic carbocycles. The van der Waals surface area contributed by atoms with Gasteiger partial charge in [-0.3, -0.25) is 0 Å². The Labute approximate surface area is 104 Å². The van der Waals surface area contributed by atoms with E-state index in [1.165, 1.54) is 12.8 Å². The standard InChI is InChI=1S/C11H23N3O2S/c1-14-7-4-11(5-8-14)13-17(15,16)9-6-12-10-2-3-10/h10-13H,2-9H2,1H3. The Morgan fingerprint density at radius 1 is 1.12 bits per heavy atom. The lowest BCUT2D eigenvalue weighted by molar-refractivity contribution is 0.248. The molecule has 1 aliphatic heterocycles. The van der Waals surface area contributed by atoms with Crippen LogP contribution in [0, 0.1) is 0 Å². The molecule has 0 aromatic heterocycles. The molecule has 1 saturated carbocycles. The Hall–Kier alpha value is -0.170. The fourth-order valence-electron chi connectivity index (χ4n) is 2.12. The first-order valence-electron chi connectivity index (χ1n) is 6.47. The Bertz CT molecular complexity index is 333. The van der Waals surface area contributed by atoms with Crippen molar-refractivity contribution in [1.29, 1.82) is 0 Å². The van der Waals surface area contributed by atoms with Crippen LogP contribution in [0.2, 0.25) is 0 Å². The van der Waals surface area contributed by atoms with Crippen molar-refractivity contribution in [2.24, 2.45) is 0 Å². The van der Waals surface area contributed by atoms with Gasteiger partial charge in [-0.25, -0.2) is 13.1 Å². The highest BCUT2D eigenvalue weighted by Crippen LogP contribution is 2.18. The van der Waals surface area contributed by atoms with E-state index >= 15 is 0 Å². The smallest absolute Gasteiger partial charge is 0.213 e. The molecule has 0 bridgehead atoms. The van der Waals surface area contributed by atoms with Crippen molar-refractivity contribution in [2.45, 2.75) is 37.8 Å². The lowest BCUT2D eigenvalue weighted by Crippen LogP contribution is -2.45. The van der Waals surface area contributed by atoms with E-state index < -0.39 is 10.0 Å². The molecular formula is C11H23N3O2S. The molecule has 100 valence electrons. The topological polar surface area (TPSA) is 61.4 Å². The average Bonchev–Trinajstić information content (AvgIpc) is 3.05. The zero-order chi connectivity index (χ0) is 12.3. The summed E-state index contributed by atoms with van der Waals surface area (Å²) in [7, 11) is -1.02. The lowest BCUT2D eigenvalue weighted by Gasteiger charge is -2.29. The van der Waals surface area contributed by atoms with E-state index in [9.17, 15) is 8.42 Å². The van der Waals surface area contributed by atoms with Gasteiger partial charge in [-0.2, -0.15) is 0 Å². The minimum absolute atomic E-state index is 0.136. The molecular weight excluding hydrogens is 238 g/mol. The Balaban J connectivity index is 1.68. The van der Waals surface area contributed by atoms with Crippen LogP contribution < -0.4 is 10.0 Å². The molecule has 17 heavy (non-hydrogen) atoms. The van der Waals surface area contributed by atoms with Crippen molar-refractivity contribution in [1.82, 2.24) is 14.9 Å². The van der Waals surface area contributed by atoms with Crippen molar-refractivity contribution >= 4 is 10.0 Å². The largest absolute Gasteiger partial charge is 0.313 e. The number of likely N-dealkylation sites (tertiary alicyclic amines) is 1. The maximum Gasteiger partial charge on any atom is 0.213 e. The van der Waals surface area contributed by atoms with Crippen molar-refractivity contribution < 1.29 is 8.42 Å². The molecule has 2 rings (SSSR count). The van der Waals surface area contributed by atoms with Crippen LogP contribution in [-0.2, 0) is 10.0 Å². The maximum absolute atomic E-state index is 11.8. The quantitative estimate of drug-likeness (QED) is 0.692. The van der Waals surface area contributed by atoms with Gasteiger partial charge in [-0.1, -0.05) is 0 Å². The first kappa shape index (κ1) is 13.3. The number of hydrogen-bond donors (Lipinski definition) is 2. The van der Waals surface area contributed by atoms with Crippen LogP contribution in [0.3, 0.4) is 0 Å². The Morgan fingerprint density at radius 3 is 2.35 bits per heavy atom. The first-order chi connectivity index (χ1) is 8.05. The number of nitrogens with zero attached hydrogens (tertiary/aromatic N) is 1. The second-order valence-corrected chi connectivity index (χ2v) is 7.12. The van der Waals surface area contributed by atoms with E-state index in [4.69, 9.17) is 0 Å². The lowest BCUT2D eigenvalue weighted by atomic mass is 10.1. The van der Waals surface area contributed by atoms with Crippen molar-refractivity contribution in [3.63, 3.8) is 0 Å². The number of hydrogen-bond acceptors (Lipinski definition) is 4. The highest BCUT2D eigenvalue weighted by atomic mass is 32.2. The summed E-state index contributed by atoms with van der Waals surface area (Å²) in [4.78, 5) is 2.24. The molecule has 1 aliphatic carbocycles. The molecule has 2 fully saturated rings. The molecule has 2 aliphatic rings. The Morgan fingerprint density at radius 2 is 1.76 bits per heavy atom. The molecule has 2 N–H and O–H groups in total. The highest BCUT2D eigenvalue weighted by molar-refractivity contribution is 7.89. The molecule has 0 unspecified atom stereocenters. The molecule has 6 heteroatoms. The van der Waals surface area contributed by atoms with Gasteiger partial charge in [0.05, 0.1) is 5.75 Å². The van der Waals surface area contributed by atoms with E-state index in [1.54, 1.807) is 0 Å². The van der Waals surface area contributed by atoms with E-state index in [0.29, 0.717) is 12.6 Å². The van der Waals surface area contributed by atoms with Crippen LogP contribution in [-0.4, -0.2) is 57.8 Å². The van der Waals surface area contributed by atoms with Gasteiger partial charge in [0.15, 0.2) is 0 Å². The molecule has 5 nitrogen and oxygen atoms in total. The van der Waals surface area contributed by atoms with Gasteiger partial charge in [-0.15, -0.1) is 0 Å². The predicted octanol–water partition coefficient (Wildman–Crippen LogP) is -0.248. The van der Waals surface area contributed by atoms with Gasteiger partial charge < -0.3 is 10.2 Å². The average molecular weight is 261 g/mol. The highest BCUT2D eigenvalue weighted by Gasteiger charge is 2.23. The summed E-state index contributed by atoms with van der Waals surface area (Å²) in [6.07, 6.45) is 4.24. The van der Waals surface area contributed by atoms with Crippen LogP contribution in [0.25, 0.3) is 0 Å². The summed E-state index contributed by atoms with van der Waals surface area (Å²) < 4.78 is 26.5. The molecule has 0 aromatic rings. The molecule has 0 atom stereocenters. The maximum atomic E-state index is 11.8. The van der Waals surface area contributed by atoms with Gasteiger partial charge in [0.2, 0.25) is 10.0 Å². The van der Waals surface area contributed by atoms with Gasteiger partial charge in [-0.05, 0) is 45.8 Å². The van der Waals surface area contributed by atoms with E-state index in [1.807, 2.05) is 0 Å². The van der Waals surface area contributed by atoms with E-state index in [0.717, 1.165) is 25.9 Å². The molecule has 0 amide bonds. The zero-order valence-electron chi connectivity index (χ0n) is 10.5. The summed E-state index contributed by atoms with van der Waals surface area (Å²) in [6, 6.07) is 0.714. The van der Waals surface area contributed by atoms with Gasteiger partial charge in [0.25, 0.3) is 0 Å². The SMILES string of the molecule is CN1CCC(NS(=O)(=O)CCNC2CC2)CC1. The number of rotatable bonds is 6. The van der Waals surface area contributed by atoms with E-state index in [2.05, 4.69) is 22.0 Å². The molecule has 1 heterocycles. The Kier molecular flexibility index (Phi) is 4.41.